The van der Waals surface area contributed by atoms with Gasteiger partial charge in [0.15, 0.2) is 5.82 Å². The number of hydrogen-bond donors (Lipinski definition) is 1. The van der Waals surface area contributed by atoms with Crippen molar-refractivity contribution in [3.8, 4) is 0 Å². The summed E-state index contributed by atoms with van der Waals surface area (Å²) in [5.74, 6) is 3.12. The Labute approximate surface area is 129 Å². The molecule has 2 aliphatic rings. The van der Waals surface area contributed by atoms with E-state index in [9.17, 15) is 4.79 Å². The second-order valence-electron chi connectivity index (χ2n) is 6.29. The number of likely N-dealkylation sites (tertiary alicyclic amines) is 1. The number of aromatic nitrogens is 3. The Kier molecular flexibility index (Phi) is 3.41. The lowest BCUT2D eigenvalue weighted by atomic mass is 9.95. The normalized spacial score (nSPS) is 19.4. The molecule has 1 N–H and O–H groups in total. The molecule has 2 fully saturated rings. The first-order chi connectivity index (χ1) is 10.8. The van der Waals surface area contributed by atoms with E-state index in [1.54, 1.807) is 0 Å². The van der Waals surface area contributed by atoms with Gasteiger partial charge in [0.1, 0.15) is 5.82 Å². The third-order valence-corrected chi connectivity index (χ3v) is 4.65. The fourth-order valence-electron chi connectivity index (χ4n) is 3.11. The van der Waals surface area contributed by atoms with Crippen LogP contribution in [0.15, 0.2) is 30.3 Å². The Morgan fingerprint density at radius 2 is 1.77 bits per heavy atom. The predicted octanol–water partition coefficient (Wildman–Crippen LogP) is 2.70. The van der Waals surface area contributed by atoms with Gasteiger partial charge in [-0.3, -0.25) is 9.89 Å². The molecule has 114 valence electrons. The molecule has 2 aromatic rings. The van der Waals surface area contributed by atoms with Crippen molar-refractivity contribution in [2.75, 3.05) is 13.1 Å². The molecule has 1 saturated carbocycles. The van der Waals surface area contributed by atoms with Gasteiger partial charge >= 0.3 is 0 Å². The summed E-state index contributed by atoms with van der Waals surface area (Å²) in [5, 5.41) is 7.45. The summed E-state index contributed by atoms with van der Waals surface area (Å²) < 4.78 is 0. The van der Waals surface area contributed by atoms with Crippen molar-refractivity contribution in [1.29, 1.82) is 0 Å². The molecule has 22 heavy (non-hydrogen) atoms. The van der Waals surface area contributed by atoms with Gasteiger partial charge in [-0.15, -0.1) is 0 Å². The third kappa shape index (κ3) is 2.63. The second-order valence-corrected chi connectivity index (χ2v) is 6.29. The highest BCUT2D eigenvalue weighted by Crippen LogP contribution is 2.38. The molecule has 1 amide bonds. The van der Waals surface area contributed by atoms with Gasteiger partial charge in [0.2, 0.25) is 0 Å². The van der Waals surface area contributed by atoms with Gasteiger partial charge in [-0.05, 0) is 37.8 Å². The van der Waals surface area contributed by atoms with Crippen LogP contribution in [-0.4, -0.2) is 39.1 Å². The summed E-state index contributed by atoms with van der Waals surface area (Å²) in [5.41, 5.74) is 0.775. The van der Waals surface area contributed by atoms with Crippen LogP contribution in [0.1, 0.15) is 59.5 Å². The lowest BCUT2D eigenvalue weighted by Gasteiger charge is -2.31. The first-order valence-electron chi connectivity index (χ1n) is 8.08. The van der Waals surface area contributed by atoms with Crippen LogP contribution in [0.25, 0.3) is 0 Å². The molecule has 4 rings (SSSR count). The minimum Gasteiger partial charge on any atom is -0.339 e. The summed E-state index contributed by atoms with van der Waals surface area (Å²) >= 11 is 0. The summed E-state index contributed by atoms with van der Waals surface area (Å²) in [6, 6.07) is 9.52. The van der Waals surface area contributed by atoms with Crippen LogP contribution in [-0.2, 0) is 0 Å². The molecule has 0 unspecified atom stereocenters. The average Bonchev–Trinajstić information content (AvgIpc) is 3.32. The second kappa shape index (κ2) is 5.55. The van der Waals surface area contributed by atoms with Gasteiger partial charge in [0, 0.05) is 30.5 Å². The van der Waals surface area contributed by atoms with Crippen molar-refractivity contribution in [2.24, 2.45) is 0 Å². The molecule has 1 saturated heterocycles. The molecular weight excluding hydrogens is 276 g/mol. The Morgan fingerprint density at radius 1 is 1.05 bits per heavy atom. The number of aromatic amines is 1. The van der Waals surface area contributed by atoms with E-state index in [2.05, 4.69) is 15.2 Å². The molecule has 0 bridgehead atoms. The van der Waals surface area contributed by atoms with Gasteiger partial charge in [-0.1, -0.05) is 18.2 Å². The number of nitrogens with zero attached hydrogens (tertiary/aromatic N) is 3. The van der Waals surface area contributed by atoms with Gasteiger partial charge in [0.05, 0.1) is 0 Å². The number of nitrogens with one attached hydrogen (secondary N) is 1. The smallest absolute Gasteiger partial charge is 0.253 e. The lowest BCUT2D eigenvalue weighted by Crippen LogP contribution is -2.38. The summed E-state index contributed by atoms with van der Waals surface area (Å²) in [6.07, 6.45) is 4.36. The topological polar surface area (TPSA) is 61.9 Å². The maximum Gasteiger partial charge on any atom is 0.253 e. The minimum absolute atomic E-state index is 0.135. The standard InChI is InChI=1S/C17H20N4O/c22-17(14-4-2-1-3-5-14)21-10-8-13(9-11-21)16-18-15(19-20-16)12-6-7-12/h1-5,12-13H,6-11H2,(H,18,19,20). The summed E-state index contributed by atoms with van der Waals surface area (Å²) in [4.78, 5) is 19.0. The Balaban J connectivity index is 1.38. The molecule has 1 aromatic carbocycles. The van der Waals surface area contributed by atoms with Crippen LogP contribution in [0, 0.1) is 0 Å². The molecule has 5 nitrogen and oxygen atoms in total. The van der Waals surface area contributed by atoms with Gasteiger partial charge in [-0.25, -0.2) is 4.98 Å². The minimum atomic E-state index is 0.135. The Morgan fingerprint density at radius 3 is 2.45 bits per heavy atom. The van der Waals surface area contributed by atoms with E-state index in [1.807, 2.05) is 35.2 Å². The van der Waals surface area contributed by atoms with Crippen molar-refractivity contribution < 1.29 is 4.79 Å². The van der Waals surface area contributed by atoms with Crippen molar-refractivity contribution in [3.05, 3.63) is 47.5 Å². The van der Waals surface area contributed by atoms with Crippen LogP contribution in [0.4, 0.5) is 0 Å². The Hall–Kier alpha value is -2.17. The molecule has 1 aliphatic carbocycles. The van der Waals surface area contributed by atoms with Gasteiger partial charge < -0.3 is 4.90 Å². The fourth-order valence-corrected chi connectivity index (χ4v) is 3.11. The van der Waals surface area contributed by atoms with E-state index in [0.29, 0.717) is 11.8 Å². The first kappa shape index (κ1) is 13.5. The summed E-state index contributed by atoms with van der Waals surface area (Å²) in [6.45, 7) is 1.58. The predicted molar refractivity (Wildman–Crippen MR) is 82.7 cm³/mol. The van der Waals surface area contributed by atoms with E-state index >= 15 is 0 Å². The van der Waals surface area contributed by atoms with Crippen LogP contribution in [0.5, 0.6) is 0 Å². The molecule has 0 atom stereocenters. The largest absolute Gasteiger partial charge is 0.339 e. The molecular formula is C17H20N4O. The van der Waals surface area contributed by atoms with Crippen LogP contribution >= 0.6 is 0 Å². The Bertz CT molecular complexity index is 654. The van der Waals surface area contributed by atoms with Crippen molar-refractivity contribution >= 4 is 5.91 Å². The highest BCUT2D eigenvalue weighted by molar-refractivity contribution is 5.94. The van der Waals surface area contributed by atoms with E-state index in [0.717, 1.165) is 43.1 Å². The number of hydrogen-bond acceptors (Lipinski definition) is 3. The number of amides is 1. The quantitative estimate of drug-likeness (QED) is 0.947. The zero-order valence-electron chi connectivity index (χ0n) is 12.5. The number of rotatable bonds is 3. The van der Waals surface area contributed by atoms with Crippen LogP contribution in [0.2, 0.25) is 0 Å². The molecule has 0 spiro atoms. The molecule has 2 heterocycles. The molecule has 1 aromatic heterocycles. The maximum absolute atomic E-state index is 12.4. The molecule has 5 heteroatoms. The first-order valence-corrected chi connectivity index (χ1v) is 8.08. The third-order valence-electron chi connectivity index (χ3n) is 4.65. The average molecular weight is 296 g/mol. The van der Waals surface area contributed by atoms with Crippen molar-refractivity contribution in [1.82, 2.24) is 20.1 Å². The van der Waals surface area contributed by atoms with Gasteiger partial charge in [-0.2, -0.15) is 5.10 Å². The molecule has 0 radical (unpaired) electrons. The fraction of sp³-hybridized carbons (Fsp3) is 0.471. The summed E-state index contributed by atoms with van der Waals surface area (Å²) in [7, 11) is 0. The number of benzene rings is 1. The SMILES string of the molecule is O=C(c1ccccc1)N1CCC(c2nc(C3CC3)n[nH]2)CC1. The number of carbonyl (C=O) groups excluding carboxylic acids is 1. The van der Waals surface area contributed by atoms with Crippen molar-refractivity contribution in [3.63, 3.8) is 0 Å². The number of carbonyl (C=O) groups is 1. The van der Waals surface area contributed by atoms with E-state index < -0.39 is 0 Å². The highest BCUT2D eigenvalue weighted by Gasteiger charge is 2.30. The number of piperidine rings is 1. The van der Waals surface area contributed by atoms with E-state index in [4.69, 9.17) is 0 Å². The monoisotopic (exact) mass is 296 g/mol. The van der Waals surface area contributed by atoms with Crippen molar-refractivity contribution in [2.45, 2.75) is 37.5 Å². The highest BCUT2D eigenvalue weighted by atomic mass is 16.2. The van der Waals surface area contributed by atoms with E-state index in [-0.39, 0.29) is 5.91 Å². The maximum atomic E-state index is 12.4. The molecule has 1 aliphatic heterocycles. The van der Waals surface area contributed by atoms with E-state index in [1.165, 1.54) is 12.8 Å². The zero-order valence-corrected chi connectivity index (χ0v) is 12.5. The van der Waals surface area contributed by atoms with Gasteiger partial charge in [0.25, 0.3) is 5.91 Å². The number of H-pyrrole nitrogens is 1. The lowest BCUT2D eigenvalue weighted by molar-refractivity contribution is 0.0711. The van der Waals surface area contributed by atoms with Crippen LogP contribution in [0.3, 0.4) is 0 Å². The zero-order chi connectivity index (χ0) is 14.9. The van der Waals surface area contributed by atoms with Crippen LogP contribution < -0.4 is 0 Å².